The van der Waals surface area contributed by atoms with Crippen LogP contribution in [-0.2, 0) is 4.74 Å². The molecule has 21 heavy (non-hydrogen) atoms. The van der Waals surface area contributed by atoms with Crippen molar-refractivity contribution in [2.75, 3.05) is 12.8 Å². The highest BCUT2D eigenvalue weighted by Gasteiger charge is 2.22. The number of nitrogen functional groups attached to an aromatic ring is 1. The monoisotopic (exact) mass is 289 g/mol. The molecular formula is C15H19N3O3. The van der Waals surface area contributed by atoms with Crippen molar-refractivity contribution in [3.63, 3.8) is 0 Å². The molecule has 6 nitrogen and oxygen atoms in total. The van der Waals surface area contributed by atoms with E-state index < -0.39 is 11.6 Å². The van der Waals surface area contributed by atoms with Gasteiger partial charge in [0.1, 0.15) is 22.7 Å². The van der Waals surface area contributed by atoms with Crippen molar-refractivity contribution in [2.45, 2.75) is 26.4 Å². The minimum Gasteiger partial charge on any atom is -0.497 e. The first-order valence-electron chi connectivity index (χ1n) is 6.53. The number of anilines is 1. The Morgan fingerprint density at radius 3 is 2.38 bits per heavy atom. The van der Waals surface area contributed by atoms with Crippen LogP contribution in [0.1, 0.15) is 31.1 Å². The Morgan fingerprint density at radius 1 is 1.24 bits per heavy atom. The number of methoxy groups -OCH3 is 1. The van der Waals surface area contributed by atoms with E-state index in [0.29, 0.717) is 0 Å². The fourth-order valence-corrected chi connectivity index (χ4v) is 1.78. The average molecular weight is 289 g/mol. The Morgan fingerprint density at radius 2 is 1.86 bits per heavy atom. The van der Waals surface area contributed by atoms with E-state index in [1.807, 2.05) is 0 Å². The maximum atomic E-state index is 12.1. The maximum absolute atomic E-state index is 12.1. The van der Waals surface area contributed by atoms with Crippen molar-refractivity contribution in [1.29, 1.82) is 0 Å². The highest BCUT2D eigenvalue weighted by Crippen LogP contribution is 2.21. The van der Waals surface area contributed by atoms with Gasteiger partial charge in [-0.15, -0.1) is 0 Å². The van der Waals surface area contributed by atoms with E-state index in [2.05, 4.69) is 5.10 Å². The number of hydrogen-bond acceptors (Lipinski definition) is 5. The highest BCUT2D eigenvalue weighted by atomic mass is 16.6. The minimum atomic E-state index is -0.578. The zero-order valence-electron chi connectivity index (χ0n) is 12.6. The summed E-state index contributed by atoms with van der Waals surface area (Å²) in [7, 11) is 1.60. The van der Waals surface area contributed by atoms with Gasteiger partial charge in [-0.2, -0.15) is 5.10 Å². The number of nitrogens with zero attached hydrogens (tertiary/aromatic N) is 2. The summed E-state index contributed by atoms with van der Waals surface area (Å²) in [6.45, 7) is 5.40. The molecule has 2 rings (SSSR count). The van der Waals surface area contributed by atoms with Crippen molar-refractivity contribution >= 4 is 11.8 Å². The molecule has 2 aromatic rings. The lowest BCUT2D eigenvalue weighted by atomic mass is 10.2. The van der Waals surface area contributed by atoms with Crippen LogP contribution in [-0.4, -0.2) is 28.5 Å². The molecule has 1 aromatic carbocycles. The predicted octanol–water partition coefficient (Wildman–Crippen LogP) is 2.42. The SMILES string of the molecule is COc1ccc(-n2ncc(C(=O)OC(C)(C)C)c2N)cc1. The number of ether oxygens (including phenoxy) is 2. The first-order valence-corrected chi connectivity index (χ1v) is 6.53. The van der Waals surface area contributed by atoms with Crippen molar-refractivity contribution in [3.8, 4) is 11.4 Å². The number of rotatable bonds is 3. The lowest BCUT2D eigenvalue weighted by Crippen LogP contribution is -2.24. The summed E-state index contributed by atoms with van der Waals surface area (Å²) in [5, 5.41) is 4.14. The van der Waals surface area contributed by atoms with Crippen molar-refractivity contribution in [2.24, 2.45) is 0 Å². The van der Waals surface area contributed by atoms with Gasteiger partial charge in [0.15, 0.2) is 0 Å². The van der Waals surface area contributed by atoms with Gasteiger partial charge in [0.05, 0.1) is 19.0 Å². The van der Waals surface area contributed by atoms with Crippen LogP contribution in [0.15, 0.2) is 30.5 Å². The standard InChI is InChI=1S/C15H19N3O3/c1-15(2,3)21-14(19)12-9-17-18(13(12)16)10-5-7-11(20-4)8-6-10/h5-9H,16H2,1-4H3. The molecular weight excluding hydrogens is 270 g/mol. The van der Waals surface area contributed by atoms with Gasteiger partial charge >= 0.3 is 5.97 Å². The smallest absolute Gasteiger partial charge is 0.344 e. The molecule has 2 N–H and O–H groups in total. The second-order valence-electron chi connectivity index (χ2n) is 5.56. The highest BCUT2D eigenvalue weighted by molar-refractivity contribution is 5.94. The summed E-state index contributed by atoms with van der Waals surface area (Å²) in [4.78, 5) is 12.1. The average Bonchev–Trinajstić information content (AvgIpc) is 2.79. The number of hydrogen-bond donors (Lipinski definition) is 1. The molecule has 1 aromatic heterocycles. The van der Waals surface area contributed by atoms with Crippen LogP contribution in [0.2, 0.25) is 0 Å². The number of carbonyl (C=O) groups excluding carboxylic acids is 1. The Balaban J connectivity index is 2.29. The van der Waals surface area contributed by atoms with Gasteiger partial charge in [-0.3, -0.25) is 0 Å². The topological polar surface area (TPSA) is 79.4 Å². The van der Waals surface area contributed by atoms with Crippen LogP contribution >= 0.6 is 0 Å². The molecule has 0 spiro atoms. The molecule has 0 aliphatic heterocycles. The van der Waals surface area contributed by atoms with E-state index in [9.17, 15) is 4.79 Å². The van der Waals surface area contributed by atoms with Gasteiger partial charge in [0, 0.05) is 0 Å². The number of nitrogens with two attached hydrogens (primary N) is 1. The summed E-state index contributed by atoms with van der Waals surface area (Å²) in [6.07, 6.45) is 1.41. The van der Waals surface area contributed by atoms with Crippen molar-refractivity contribution in [3.05, 3.63) is 36.0 Å². The second kappa shape index (κ2) is 5.47. The minimum absolute atomic E-state index is 0.245. The van der Waals surface area contributed by atoms with Crippen molar-refractivity contribution in [1.82, 2.24) is 9.78 Å². The Bertz CT molecular complexity index is 639. The summed E-state index contributed by atoms with van der Waals surface area (Å²) in [5.41, 5.74) is 6.41. The third-order valence-corrected chi connectivity index (χ3v) is 2.74. The Kier molecular flexibility index (Phi) is 3.88. The second-order valence-corrected chi connectivity index (χ2v) is 5.56. The quantitative estimate of drug-likeness (QED) is 0.878. The van der Waals surface area contributed by atoms with E-state index >= 15 is 0 Å². The maximum Gasteiger partial charge on any atom is 0.344 e. The van der Waals surface area contributed by atoms with E-state index in [1.165, 1.54) is 10.9 Å². The lowest BCUT2D eigenvalue weighted by molar-refractivity contribution is 0.00708. The molecule has 1 heterocycles. The predicted molar refractivity (Wildman–Crippen MR) is 79.7 cm³/mol. The molecule has 0 fully saturated rings. The molecule has 112 valence electrons. The van der Waals surface area contributed by atoms with Crippen LogP contribution < -0.4 is 10.5 Å². The van der Waals surface area contributed by atoms with E-state index in [-0.39, 0.29) is 11.4 Å². The van der Waals surface area contributed by atoms with Crippen LogP contribution in [0.3, 0.4) is 0 Å². The molecule has 0 unspecified atom stereocenters. The van der Waals surface area contributed by atoms with Gasteiger partial charge in [-0.1, -0.05) is 0 Å². The fourth-order valence-electron chi connectivity index (χ4n) is 1.78. The zero-order chi connectivity index (χ0) is 15.6. The third kappa shape index (κ3) is 3.34. The molecule has 0 saturated heterocycles. The van der Waals surface area contributed by atoms with Crippen molar-refractivity contribution < 1.29 is 14.3 Å². The van der Waals surface area contributed by atoms with E-state index in [0.717, 1.165) is 11.4 Å². The number of esters is 1. The van der Waals surface area contributed by atoms with Gasteiger partial charge < -0.3 is 15.2 Å². The fraction of sp³-hybridized carbons (Fsp3) is 0.333. The van der Waals surface area contributed by atoms with Gasteiger partial charge in [0.25, 0.3) is 0 Å². The molecule has 0 aliphatic rings. The lowest BCUT2D eigenvalue weighted by Gasteiger charge is -2.19. The van der Waals surface area contributed by atoms with Crippen LogP contribution in [0.25, 0.3) is 5.69 Å². The molecule has 0 aliphatic carbocycles. The van der Waals surface area contributed by atoms with Crippen LogP contribution in [0.5, 0.6) is 5.75 Å². The van der Waals surface area contributed by atoms with Gasteiger partial charge in [0.2, 0.25) is 0 Å². The molecule has 0 bridgehead atoms. The molecule has 0 atom stereocenters. The Hall–Kier alpha value is -2.50. The first kappa shape index (κ1) is 14.9. The van der Waals surface area contributed by atoms with Gasteiger partial charge in [-0.25, -0.2) is 9.48 Å². The Labute approximate surface area is 123 Å². The third-order valence-electron chi connectivity index (χ3n) is 2.74. The molecule has 6 heteroatoms. The largest absolute Gasteiger partial charge is 0.497 e. The molecule has 0 saturated carbocycles. The summed E-state index contributed by atoms with van der Waals surface area (Å²) in [6, 6.07) is 7.20. The molecule has 0 radical (unpaired) electrons. The summed E-state index contributed by atoms with van der Waals surface area (Å²) in [5.74, 6) is 0.492. The normalized spacial score (nSPS) is 11.2. The van der Waals surface area contributed by atoms with E-state index in [1.54, 1.807) is 52.1 Å². The first-order chi connectivity index (χ1) is 9.81. The zero-order valence-corrected chi connectivity index (χ0v) is 12.6. The van der Waals surface area contributed by atoms with Gasteiger partial charge in [-0.05, 0) is 45.0 Å². The number of benzene rings is 1. The van der Waals surface area contributed by atoms with Crippen LogP contribution in [0.4, 0.5) is 5.82 Å². The number of carbonyl (C=O) groups is 1. The number of aromatic nitrogens is 2. The molecule has 0 amide bonds. The van der Waals surface area contributed by atoms with E-state index in [4.69, 9.17) is 15.2 Å². The van der Waals surface area contributed by atoms with Crippen LogP contribution in [0, 0.1) is 0 Å². The summed E-state index contributed by atoms with van der Waals surface area (Å²) >= 11 is 0. The summed E-state index contributed by atoms with van der Waals surface area (Å²) < 4.78 is 11.9.